The molecule has 0 unspecified atom stereocenters. The van der Waals surface area contributed by atoms with Crippen molar-refractivity contribution in [1.29, 1.82) is 0 Å². The standard InChI is InChI=1S/C17H14BrFN2O3S2/c18-11-3-8-14-15(10-11)25-17(20-14)21-16(22)2-1-9-26(23,24)13-6-4-12(19)5-7-13/h3-8,10H,1-2,9H2,(H,20,21,22). The summed E-state index contributed by atoms with van der Waals surface area (Å²) in [5.41, 5.74) is 0.785. The summed E-state index contributed by atoms with van der Waals surface area (Å²) in [6, 6.07) is 10.3. The van der Waals surface area contributed by atoms with Gasteiger partial charge in [-0.05, 0) is 48.9 Å². The summed E-state index contributed by atoms with van der Waals surface area (Å²) < 4.78 is 39.1. The molecule has 1 N–H and O–H groups in total. The zero-order chi connectivity index (χ0) is 18.7. The van der Waals surface area contributed by atoms with Gasteiger partial charge in [-0.1, -0.05) is 27.3 Å². The van der Waals surface area contributed by atoms with E-state index in [-0.39, 0.29) is 29.4 Å². The first-order valence-electron chi connectivity index (χ1n) is 7.68. The van der Waals surface area contributed by atoms with Gasteiger partial charge in [0.2, 0.25) is 5.91 Å². The Bertz CT molecular complexity index is 1050. The van der Waals surface area contributed by atoms with Crippen LogP contribution in [0.1, 0.15) is 12.8 Å². The van der Waals surface area contributed by atoms with Crippen LogP contribution in [0.5, 0.6) is 0 Å². The number of fused-ring (bicyclic) bond motifs is 1. The molecule has 3 rings (SSSR count). The topological polar surface area (TPSA) is 76.1 Å². The number of halogens is 2. The Hall–Kier alpha value is -1.84. The van der Waals surface area contributed by atoms with E-state index in [9.17, 15) is 17.6 Å². The van der Waals surface area contributed by atoms with E-state index in [2.05, 4.69) is 26.2 Å². The lowest BCUT2D eigenvalue weighted by molar-refractivity contribution is -0.116. The molecular formula is C17H14BrFN2O3S2. The maximum atomic E-state index is 12.9. The van der Waals surface area contributed by atoms with Crippen LogP contribution in [-0.2, 0) is 14.6 Å². The fourth-order valence-electron chi connectivity index (χ4n) is 2.32. The largest absolute Gasteiger partial charge is 0.302 e. The highest BCUT2D eigenvalue weighted by atomic mass is 79.9. The first-order chi connectivity index (χ1) is 12.3. The van der Waals surface area contributed by atoms with Crippen molar-refractivity contribution in [2.24, 2.45) is 0 Å². The van der Waals surface area contributed by atoms with E-state index < -0.39 is 15.7 Å². The normalized spacial score (nSPS) is 11.6. The average molecular weight is 457 g/mol. The van der Waals surface area contributed by atoms with Gasteiger partial charge in [-0.25, -0.2) is 17.8 Å². The Morgan fingerprint density at radius 2 is 1.92 bits per heavy atom. The number of nitrogens with one attached hydrogen (secondary N) is 1. The first-order valence-corrected chi connectivity index (χ1v) is 10.9. The van der Waals surface area contributed by atoms with E-state index in [1.54, 1.807) is 0 Å². The minimum absolute atomic E-state index is 0.0519. The van der Waals surface area contributed by atoms with Crippen molar-refractivity contribution in [3.63, 3.8) is 0 Å². The molecule has 26 heavy (non-hydrogen) atoms. The lowest BCUT2D eigenvalue weighted by atomic mass is 10.3. The molecule has 3 aromatic rings. The summed E-state index contributed by atoms with van der Waals surface area (Å²) in [6.07, 6.45) is 0.224. The number of benzene rings is 2. The molecule has 0 saturated heterocycles. The molecule has 0 aliphatic heterocycles. The fourth-order valence-corrected chi connectivity index (χ4v) is 5.06. The van der Waals surface area contributed by atoms with Gasteiger partial charge in [0.05, 0.1) is 20.9 Å². The van der Waals surface area contributed by atoms with Crippen LogP contribution in [0.4, 0.5) is 9.52 Å². The molecule has 0 aliphatic carbocycles. The van der Waals surface area contributed by atoms with Crippen molar-refractivity contribution < 1.29 is 17.6 Å². The predicted molar refractivity (Wildman–Crippen MR) is 104 cm³/mol. The second-order valence-corrected chi connectivity index (χ2v) is 9.61. The summed E-state index contributed by atoms with van der Waals surface area (Å²) in [6.45, 7) is 0. The van der Waals surface area contributed by atoms with Gasteiger partial charge < -0.3 is 5.32 Å². The second kappa shape index (κ2) is 7.81. The smallest absolute Gasteiger partial charge is 0.226 e. The second-order valence-electron chi connectivity index (χ2n) is 5.56. The Kier molecular flexibility index (Phi) is 5.69. The van der Waals surface area contributed by atoms with Crippen LogP contribution in [0.15, 0.2) is 51.8 Å². The lowest BCUT2D eigenvalue weighted by Gasteiger charge is -2.04. The van der Waals surface area contributed by atoms with Crippen LogP contribution in [0.2, 0.25) is 0 Å². The third kappa shape index (κ3) is 4.66. The average Bonchev–Trinajstić information content (AvgIpc) is 2.96. The summed E-state index contributed by atoms with van der Waals surface area (Å²) in [5.74, 6) is -0.970. The Labute approximate surface area is 162 Å². The van der Waals surface area contributed by atoms with E-state index in [0.717, 1.165) is 26.8 Å². The van der Waals surface area contributed by atoms with E-state index in [0.29, 0.717) is 5.13 Å². The molecule has 1 amide bonds. The number of sulfone groups is 1. The predicted octanol–water partition coefficient (Wildman–Crippen LogP) is 4.39. The van der Waals surface area contributed by atoms with Gasteiger partial charge in [0.25, 0.3) is 0 Å². The van der Waals surface area contributed by atoms with Gasteiger partial charge >= 0.3 is 0 Å². The molecule has 2 aromatic carbocycles. The first kappa shape index (κ1) is 18.9. The zero-order valence-corrected chi connectivity index (χ0v) is 16.6. The number of aromatic nitrogens is 1. The van der Waals surface area contributed by atoms with Crippen molar-refractivity contribution in [2.45, 2.75) is 17.7 Å². The van der Waals surface area contributed by atoms with Crippen molar-refractivity contribution in [2.75, 3.05) is 11.1 Å². The highest BCUT2D eigenvalue weighted by molar-refractivity contribution is 9.10. The number of anilines is 1. The highest BCUT2D eigenvalue weighted by Crippen LogP contribution is 2.28. The number of hydrogen-bond donors (Lipinski definition) is 1. The Balaban J connectivity index is 1.55. The number of nitrogens with zero attached hydrogens (tertiary/aromatic N) is 1. The third-order valence-electron chi connectivity index (χ3n) is 3.59. The van der Waals surface area contributed by atoms with Crippen LogP contribution >= 0.6 is 27.3 Å². The molecule has 0 spiro atoms. The minimum atomic E-state index is -3.54. The number of thiazole rings is 1. The third-order valence-corrected chi connectivity index (χ3v) is 6.83. The maximum absolute atomic E-state index is 12.9. The summed E-state index contributed by atoms with van der Waals surface area (Å²) in [5, 5.41) is 3.17. The molecule has 0 radical (unpaired) electrons. The van der Waals surface area contributed by atoms with Gasteiger partial charge in [-0.15, -0.1) is 0 Å². The molecule has 0 fully saturated rings. The van der Waals surface area contributed by atoms with Gasteiger partial charge in [-0.3, -0.25) is 4.79 Å². The Morgan fingerprint density at radius 3 is 2.65 bits per heavy atom. The van der Waals surface area contributed by atoms with Gasteiger partial charge in [0, 0.05) is 10.9 Å². The molecule has 5 nitrogen and oxygen atoms in total. The lowest BCUT2D eigenvalue weighted by Crippen LogP contribution is -2.14. The quantitative estimate of drug-likeness (QED) is 0.557. The summed E-state index contributed by atoms with van der Waals surface area (Å²) in [7, 11) is -3.54. The van der Waals surface area contributed by atoms with E-state index in [1.165, 1.54) is 23.5 Å². The molecule has 9 heteroatoms. The molecule has 136 valence electrons. The molecule has 0 bridgehead atoms. The Morgan fingerprint density at radius 1 is 1.19 bits per heavy atom. The van der Waals surface area contributed by atoms with Crippen LogP contribution in [-0.4, -0.2) is 25.1 Å². The molecular weight excluding hydrogens is 443 g/mol. The highest BCUT2D eigenvalue weighted by Gasteiger charge is 2.15. The monoisotopic (exact) mass is 456 g/mol. The molecule has 1 aromatic heterocycles. The van der Waals surface area contributed by atoms with Gasteiger partial charge in [-0.2, -0.15) is 0 Å². The number of hydrogen-bond acceptors (Lipinski definition) is 5. The van der Waals surface area contributed by atoms with E-state index >= 15 is 0 Å². The SMILES string of the molecule is O=C(CCCS(=O)(=O)c1ccc(F)cc1)Nc1nc2ccc(Br)cc2s1. The van der Waals surface area contributed by atoms with Gasteiger partial charge in [0.15, 0.2) is 15.0 Å². The summed E-state index contributed by atoms with van der Waals surface area (Å²) in [4.78, 5) is 16.4. The number of carbonyl (C=O) groups is 1. The fraction of sp³-hybridized carbons (Fsp3) is 0.176. The van der Waals surface area contributed by atoms with Crippen LogP contribution in [0, 0.1) is 5.82 Å². The number of amides is 1. The van der Waals surface area contributed by atoms with Crippen molar-refractivity contribution in [3.8, 4) is 0 Å². The summed E-state index contributed by atoms with van der Waals surface area (Å²) >= 11 is 4.73. The minimum Gasteiger partial charge on any atom is -0.302 e. The van der Waals surface area contributed by atoms with Gasteiger partial charge in [0.1, 0.15) is 5.82 Å². The molecule has 1 heterocycles. The van der Waals surface area contributed by atoms with Crippen molar-refractivity contribution in [1.82, 2.24) is 4.98 Å². The molecule has 0 saturated carbocycles. The maximum Gasteiger partial charge on any atom is 0.226 e. The van der Waals surface area contributed by atoms with Crippen molar-refractivity contribution in [3.05, 3.63) is 52.8 Å². The van der Waals surface area contributed by atoms with Crippen molar-refractivity contribution >= 4 is 58.4 Å². The van der Waals surface area contributed by atoms with Crippen LogP contribution in [0.3, 0.4) is 0 Å². The number of rotatable bonds is 6. The number of carbonyl (C=O) groups excluding carboxylic acids is 1. The van der Waals surface area contributed by atoms with Crippen LogP contribution in [0.25, 0.3) is 10.2 Å². The molecule has 0 atom stereocenters. The van der Waals surface area contributed by atoms with E-state index in [4.69, 9.17) is 0 Å². The van der Waals surface area contributed by atoms with E-state index in [1.807, 2.05) is 18.2 Å². The molecule has 0 aliphatic rings. The van der Waals surface area contributed by atoms with Crippen LogP contribution < -0.4 is 5.32 Å². The zero-order valence-electron chi connectivity index (χ0n) is 13.4.